The third-order valence-corrected chi connectivity index (χ3v) is 6.44. The zero-order valence-electron chi connectivity index (χ0n) is 20.0. The molecule has 6 nitrogen and oxygen atoms in total. The number of nitrogens with zero attached hydrogens (tertiary/aromatic N) is 3. The zero-order valence-corrected chi connectivity index (χ0v) is 20.0. The van der Waals surface area contributed by atoms with E-state index in [1.54, 1.807) is 6.20 Å². The van der Waals surface area contributed by atoms with Crippen LogP contribution in [0.15, 0.2) is 48.8 Å². The van der Waals surface area contributed by atoms with Gasteiger partial charge in [-0.2, -0.15) is 0 Å². The second-order valence-corrected chi connectivity index (χ2v) is 9.36. The molecule has 33 heavy (non-hydrogen) atoms. The van der Waals surface area contributed by atoms with Crippen molar-refractivity contribution < 1.29 is 14.3 Å². The van der Waals surface area contributed by atoms with Crippen LogP contribution < -0.4 is 4.74 Å². The molecule has 1 aliphatic rings. The molecule has 0 saturated heterocycles. The number of carbonyl (C=O) groups excluding carboxylic acids is 1. The van der Waals surface area contributed by atoms with Crippen molar-refractivity contribution in [2.24, 2.45) is 7.05 Å². The fraction of sp³-hybridized carbons (Fsp3) is 0.444. The number of aryl methyl sites for hydroxylation is 2. The molecule has 0 N–H and O–H groups in total. The Kier molecular flexibility index (Phi) is 6.82. The Balaban J connectivity index is 1.47. The van der Waals surface area contributed by atoms with Crippen LogP contribution in [-0.2, 0) is 35.0 Å². The van der Waals surface area contributed by atoms with Crippen molar-refractivity contribution in [1.29, 1.82) is 0 Å². The lowest BCUT2D eigenvalue weighted by atomic mass is 9.76. The molecule has 1 atom stereocenters. The SMILES string of the molecule is CCOC(=O)CC(c1ccc(OCc2ccc3c(n2)C(C)(C)CCC3)cc1)c1nccn1C. The van der Waals surface area contributed by atoms with Crippen molar-refractivity contribution in [2.45, 2.75) is 64.4 Å². The molecular weight excluding hydrogens is 414 g/mol. The first-order valence-corrected chi connectivity index (χ1v) is 11.7. The zero-order chi connectivity index (χ0) is 23.4. The van der Waals surface area contributed by atoms with Crippen LogP contribution in [0, 0.1) is 0 Å². The highest BCUT2D eigenvalue weighted by Crippen LogP contribution is 2.35. The van der Waals surface area contributed by atoms with Gasteiger partial charge in [-0.1, -0.05) is 32.0 Å². The minimum absolute atomic E-state index is 0.115. The summed E-state index contributed by atoms with van der Waals surface area (Å²) in [6.07, 6.45) is 7.38. The van der Waals surface area contributed by atoms with E-state index >= 15 is 0 Å². The summed E-state index contributed by atoms with van der Waals surface area (Å²) in [6.45, 7) is 7.16. The summed E-state index contributed by atoms with van der Waals surface area (Å²) in [4.78, 5) is 21.6. The summed E-state index contributed by atoms with van der Waals surface area (Å²) >= 11 is 0. The Labute approximate surface area is 196 Å². The number of hydrogen-bond donors (Lipinski definition) is 0. The fourth-order valence-electron chi connectivity index (χ4n) is 4.65. The molecule has 3 aromatic rings. The molecule has 1 unspecified atom stereocenters. The predicted molar refractivity (Wildman–Crippen MR) is 127 cm³/mol. The summed E-state index contributed by atoms with van der Waals surface area (Å²) in [5, 5.41) is 0. The average molecular weight is 448 g/mol. The monoisotopic (exact) mass is 447 g/mol. The highest BCUT2D eigenvalue weighted by Gasteiger charge is 2.29. The number of hydrogen-bond acceptors (Lipinski definition) is 5. The molecule has 0 radical (unpaired) electrons. The van der Waals surface area contributed by atoms with Gasteiger partial charge in [-0.05, 0) is 55.5 Å². The topological polar surface area (TPSA) is 66.2 Å². The molecule has 0 aliphatic heterocycles. The number of carbonyl (C=O) groups is 1. The quantitative estimate of drug-likeness (QED) is 0.450. The van der Waals surface area contributed by atoms with Gasteiger partial charge < -0.3 is 14.0 Å². The van der Waals surface area contributed by atoms with E-state index in [-0.39, 0.29) is 23.7 Å². The van der Waals surface area contributed by atoms with Gasteiger partial charge in [0.2, 0.25) is 0 Å². The van der Waals surface area contributed by atoms with Gasteiger partial charge in [-0.15, -0.1) is 0 Å². The molecule has 0 bridgehead atoms. The summed E-state index contributed by atoms with van der Waals surface area (Å²) in [6, 6.07) is 12.2. The molecule has 1 aromatic carbocycles. The van der Waals surface area contributed by atoms with Crippen LogP contribution in [0.4, 0.5) is 0 Å². The summed E-state index contributed by atoms with van der Waals surface area (Å²) in [5.74, 6) is 1.19. The van der Waals surface area contributed by atoms with Crippen LogP contribution in [0.2, 0.25) is 0 Å². The molecule has 2 heterocycles. The maximum Gasteiger partial charge on any atom is 0.306 e. The minimum Gasteiger partial charge on any atom is -0.487 e. The van der Waals surface area contributed by atoms with Crippen molar-refractivity contribution in [2.75, 3.05) is 6.61 Å². The molecule has 2 aromatic heterocycles. The fourth-order valence-corrected chi connectivity index (χ4v) is 4.65. The minimum atomic E-state index is -0.229. The smallest absolute Gasteiger partial charge is 0.306 e. The standard InChI is InChI=1S/C27H33N3O3/c1-5-32-24(31)17-23(26-28-15-16-30(26)4)19-9-12-22(13-10-19)33-18-21-11-8-20-7-6-14-27(2,3)25(20)29-21/h8-13,15-16,23H,5-7,14,17-18H2,1-4H3. The van der Waals surface area contributed by atoms with Gasteiger partial charge in [0.1, 0.15) is 18.2 Å². The van der Waals surface area contributed by atoms with Gasteiger partial charge in [0.25, 0.3) is 0 Å². The lowest BCUT2D eigenvalue weighted by Crippen LogP contribution is -2.26. The third kappa shape index (κ3) is 5.27. The molecule has 0 fully saturated rings. The Morgan fingerprint density at radius 3 is 2.67 bits per heavy atom. The van der Waals surface area contributed by atoms with E-state index in [0.717, 1.165) is 29.3 Å². The van der Waals surface area contributed by atoms with Crippen molar-refractivity contribution in [3.8, 4) is 5.75 Å². The van der Waals surface area contributed by atoms with Crippen molar-refractivity contribution >= 4 is 5.97 Å². The number of imidazole rings is 1. The van der Waals surface area contributed by atoms with E-state index in [1.165, 1.54) is 24.1 Å². The highest BCUT2D eigenvalue weighted by atomic mass is 16.5. The van der Waals surface area contributed by atoms with Gasteiger partial charge in [0.15, 0.2) is 0 Å². The number of benzene rings is 1. The van der Waals surface area contributed by atoms with Gasteiger partial charge in [-0.25, -0.2) is 4.98 Å². The van der Waals surface area contributed by atoms with Crippen molar-refractivity contribution in [1.82, 2.24) is 14.5 Å². The van der Waals surface area contributed by atoms with E-state index < -0.39 is 0 Å². The van der Waals surface area contributed by atoms with Gasteiger partial charge in [0, 0.05) is 30.6 Å². The number of pyridine rings is 1. The molecule has 1 aliphatic carbocycles. The number of ether oxygens (including phenoxy) is 2. The van der Waals surface area contributed by atoms with Crippen LogP contribution in [0.3, 0.4) is 0 Å². The second-order valence-electron chi connectivity index (χ2n) is 9.36. The van der Waals surface area contributed by atoms with E-state index in [9.17, 15) is 4.79 Å². The largest absolute Gasteiger partial charge is 0.487 e. The van der Waals surface area contributed by atoms with Crippen LogP contribution >= 0.6 is 0 Å². The molecule has 0 amide bonds. The number of fused-ring (bicyclic) bond motifs is 1. The maximum absolute atomic E-state index is 12.2. The Hall–Kier alpha value is -3.15. The predicted octanol–water partition coefficient (Wildman–Crippen LogP) is 5.09. The molecule has 0 spiro atoms. The van der Waals surface area contributed by atoms with Gasteiger partial charge in [0.05, 0.1) is 24.6 Å². The lowest BCUT2D eigenvalue weighted by molar-refractivity contribution is -0.143. The Morgan fingerprint density at radius 2 is 1.97 bits per heavy atom. The van der Waals surface area contributed by atoms with Gasteiger partial charge in [-0.3, -0.25) is 9.78 Å². The van der Waals surface area contributed by atoms with E-state index in [4.69, 9.17) is 14.5 Å². The molecule has 174 valence electrons. The number of esters is 1. The summed E-state index contributed by atoms with van der Waals surface area (Å²) in [7, 11) is 1.94. The maximum atomic E-state index is 12.2. The second kappa shape index (κ2) is 9.77. The van der Waals surface area contributed by atoms with Crippen molar-refractivity contribution in [3.05, 3.63) is 77.1 Å². The summed E-state index contributed by atoms with van der Waals surface area (Å²) < 4.78 is 13.2. The van der Waals surface area contributed by atoms with E-state index in [1.807, 2.05) is 49.0 Å². The Morgan fingerprint density at radius 1 is 1.18 bits per heavy atom. The summed E-state index contributed by atoms with van der Waals surface area (Å²) in [5.41, 5.74) is 4.63. The van der Waals surface area contributed by atoms with Gasteiger partial charge >= 0.3 is 5.97 Å². The number of rotatable bonds is 8. The molecule has 0 saturated carbocycles. The first kappa shape index (κ1) is 23.0. The third-order valence-electron chi connectivity index (χ3n) is 6.44. The highest BCUT2D eigenvalue weighted by molar-refractivity contribution is 5.71. The Bertz CT molecular complexity index is 1100. The normalized spacial score (nSPS) is 15.5. The van der Waals surface area contributed by atoms with Crippen LogP contribution in [0.1, 0.15) is 74.3 Å². The number of aromatic nitrogens is 3. The van der Waals surface area contributed by atoms with E-state index in [2.05, 4.69) is 31.0 Å². The molecule has 4 rings (SSSR count). The van der Waals surface area contributed by atoms with Crippen LogP contribution in [-0.4, -0.2) is 27.1 Å². The lowest BCUT2D eigenvalue weighted by Gasteiger charge is -2.31. The van der Waals surface area contributed by atoms with Crippen LogP contribution in [0.5, 0.6) is 5.75 Å². The van der Waals surface area contributed by atoms with Crippen LogP contribution in [0.25, 0.3) is 0 Å². The average Bonchev–Trinajstić information content (AvgIpc) is 3.22. The van der Waals surface area contributed by atoms with Crippen molar-refractivity contribution in [3.63, 3.8) is 0 Å². The van der Waals surface area contributed by atoms with E-state index in [0.29, 0.717) is 13.2 Å². The first-order valence-electron chi connectivity index (χ1n) is 11.7. The first-order chi connectivity index (χ1) is 15.9. The molecule has 6 heteroatoms. The molecular formula is C27H33N3O3.